The molecule has 0 fully saturated rings. The summed E-state index contributed by atoms with van der Waals surface area (Å²) >= 11 is 1.69. The second kappa shape index (κ2) is 9.78. The van der Waals surface area contributed by atoms with Gasteiger partial charge in [-0.1, -0.05) is 24.3 Å². The van der Waals surface area contributed by atoms with Gasteiger partial charge in [0.1, 0.15) is 11.5 Å². The number of hydrogen-bond acceptors (Lipinski definition) is 5. The van der Waals surface area contributed by atoms with Crippen molar-refractivity contribution in [1.29, 1.82) is 0 Å². The Kier molecular flexibility index (Phi) is 6.67. The number of amides is 1. The molecule has 1 aromatic heterocycles. The maximum atomic E-state index is 12.4. The number of thiophene rings is 1. The monoisotopic (exact) mass is 422 g/mol. The van der Waals surface area contributed by atoms with Crippen molar-refractivity contribution < 1.29 is 14.3 Å². The van der Waals surface area contributed by atoms with Gasteiger partial charge in [-0.15, -0.1) is 0 Å². The van der Waals surface area contributed by atoms with E-state index in [0.29, 0.717) is 12.3 Å². The minimum atomic E-state index is -0.122. The van der Waals surface area contributed by atoms with Crippen LogP contribution in [0.15, 0.2) is 65.4 Å². The second-order valence-electron chi connectivity index (χ2n) is 7.33. The largest absolute Gasteiger partial charge is 0.497 e. The third-order valence-corrected chi connectivity index (χ3v) is 6.15. The quantitative estimate of drug-likeness (QED) is 0.595. The van der Waals surface area contributed by atoms with Crippen molar-refractivity contribution >= 4 is 17.2 Å². The summed E-state index contributed by atoms with van der Waals surface area (Å²) in [5.41, 5.74) is 4.05. The van der Waals surface area contributed by atoms with Gasteiger partial charge in [0.05, 0.1) is 13.2 Å². The number of hydrogen-bond donors (Lipinski definition) is 1. The molecule has 3 aromatic rings. The molecular weight excluding hydrogens is 396 g/mol. The second-order valence-corrected chi connectivity index (χ2v) is 8.11. The van der Waals surface area contributed by atoms with Crippen LogP contribution in [0, 0.1) is 0 Å². The number of carbonyl (C=O) groups is 1. The van der Waals surface area contributed by atoms with E-state index in [0.717, 1.165) is 25.3 Å². The predicted octanol–water partition coefficient (Wildman–Crippen LogP) is 4.05. The van der Waals surface area contributed by atoms with Crippen molar-refractivity contribution in [3.8, 4) is 11.5 Å². The lowest BCUT2D eigenvalue weighted by atomic mass is 9.97. The van der Waals surface area contributed by atoms with E-state index in [1.54, 1.807) is 30.6 Å². The molecule has 0 bridgehead atoms. The van der Waals surface area contributed by atoms with E-state index in [4.69, 9.17) is 9.47 Å². The van der Waals surface area contributed by atoms with Crippen LogP contribution in [0.4, 0.5) is 0 Å². The van der Waals surface area contributed by atoms with E-state index in [2.05, 4.69) is 51.3 Å². The summed E-state index contributed by atoms with van der Waals surface area (Å²) < 4.78 is 10.7. The molecule has 0 radical (unpaired) electrons. The number of nitrogens with one attached hydrogen (secondary N) is 1. The Labute approximate surface area is 181 Å². The van der Waals surface area contributed by atoms with Crippen molar-refractivity contribution in [3.63, 3.8) is 0 Å². The topological polar surface area (TPSA) is 50.8 Å². The molecule has 30 heavy (non-hydrogen) atoms. The summed E-state index contributed by atoms with van der Waals surface area (Å²) in [5.74, 6) is 1.28. The van der Waals surface area contributed by atoms with Gasteiger partial charge >= 0.3 is 0 Å². The molecule has 6 heteroatoms. The SMILES string of the molecule is COc1ccc(OCC(=O)NCC(c2ccsc2)N2CCc3ccccc3C2)cc1. The average Bonchev–Trinajstić information content (AvgIpc) is 3.32. The van der Waals surface area contributed by atoms with Crippen LogP contribution in [0.2, 0.25) is 0 Å². The van der Waals surface area contributed by atoms with E-state index in [-0.39, 0.29) is 18.6 Å². The molecule has 1 unspecified atom stereocenters. The lowest BCUT2D eigenvalue weighted by Gasteiger charge is -2.35. The van der Waals surface area contributed by atoms with E-state index in [1.165, 1.54) is 16.7 Å². The van der Waals surface area contributed by atoms with Crippen LogP contribution in [-0.4, -0.2) is 37.6 Å². The van der Waals surface area contributed by atoms with Gasteiger partial charge in [-0.3, -0.25) is 9.69 Å². The lowest BCUT2D eigenvalue weighted by Crippen LogP contribution is -2.41. The standard InChI is InChI=1S/C24H26N2O3S/c1-28-21-6-8-22(9-7-21)29-16-24(27)25-14-23(20-11-13-30-17-20)26-12-10-18-4-2-3-5-19(18)15-26/h2-9,11,13,17,23H,10,12,14-16H2,1H3,(H,25,27). The first-order valence-corrected chi connectivity index (χ1v) is 11.0. The number of carbonyl (C=O) groups excluding carboxylic acids is 1. The predicted molar refractivity (Wildman–Crippen MR) is 119 cm³/mol. The van der Waals surface area contributed by atoms with Crippen LogP contribution < -0.4 is 14.8 Å². The van der Waals surface area contributed by atoms with Gasteiger partial charge < -0.3 is 14.8 Å². The molecule has 5 nitrogen and oxygen atoms in total. The Morgan fingerprint density at radius 1 is 1.10 bits per heavy atom. The molecular formula is C24H26N2O3S. The Hall–Kier alpha value is -2.83. The molecule has 0 aliphatic carbocycles. The Morgan fingerprint density at radius 2 is 1.87 bits per heavy atom. The van der Waals surface area contributed by atoms with E-state index < -0.39 is 0 Å². The fraction of sp³-hybridized carbons (Fsp3) is 0.292. The molecule has 0 spiro atoms. The summed E-state index contributed by atoms with van der Waals surface area (Å²) in [7, 11) is 1.62. The molecule has 2 heterocycles. The van der Waals surface area contributed by atoms with E-state index in [9.17, 15) is 4.79 Å². The van der Waals surface area contributed by atoms with E-state index in [1.807, 2.05) is 12.1 Å². The molecule has 1 aliphatic heterocycles. The number of methoxy groups -OCH3 is 1. The van der Waals surface area contributed by atoms with Crippen LogP contribution >= 0.6 is 11.3 Å². The number of benzene rings is 2. The summed E-state index contributed by atoms with van der Waals surface area (Å²) in [5, 5.41) is 7.32. The third kappa shape index (κ3) is 5.01. The van der Waals surface area contributed by atoms with Gasteiger partial charge in [-0.25, -0.2) is 0 Å². The van der Waals surface area contributed by atoms with Gasteiger partial charge in [0.25, 0.3) is 5.91 Å². The van der Waals surface area contributed by atoms with Crippen molar-refractivity contribution in [1.82, 2.24) is 10.2 Å². The van der Waals surface area contributed by atoms with Gasteiger partial charge in [-0.05, 0) is 64.2 Å². The van der Waals surface area contributed by atoms with Gasteiger partial charge in [-0.2, -0.15) is 11.3 Å². The highest BCUT2D eigenvalue weighted by Gasteiger charge is 2.25. The fourth-order valence-electron chi connectivity index (χ4n) is 3.79. The van der Waals surface area contributed by atoms with Gasteiger partial charge in [0.2, 0.25) is 0 Å². The molecule has 156 valence electrons. The molecule has 0 saturated heterocycles. The van der Waals surface area contributed by atoms with Crippen LogP contribution in [-0.2, 0) is 17.8 Å². The molecule has 1 atom stereocenters. The van der Waals surface area contributed by atoms with Crippen LogP contribution in [0.25, 0.3) is 0 Å². The molecule has 1 N–H and O–H groups in total. The Balaban J connectivity index is 1.35. The minimum Gasteiger partial charge on any atom is -0.497 e. The minimum absolute atomic E-state index is 0.00841. The Morgan fingerprint density at radius 3 is 2.60 bits per heavy atom. The fourth-order valence-corrected chi connectivity index (χ4v) is 4.50. The number of nitrogens with zero attached hydrogens (tertiary/aromatic N) is 1. The summed E-state index contributed by atoms with van der Waals surface area (Å²) in [6, 6.07) is 18.1. The average molecular weight is 423 g/mol. The highest BCUT2D eigenvalue weighted by Crippen LogP contribution is 2.28. The zero-order valence-electron chi connectivity index (χ0n) is 17.0. The highest BCUT2D eigenvalue weighted by atomic mass is 32.1. The first-order valence-electron chi connectivity index (χ1n) is 10.1. The van der Waals surface area contributed by atoms with Crippen LogP contribution in [0.1, 0.15) is 22.7 Å². The Bertz CT molecular complexity index is 957. The molecule has 0 saturated carbocycles. The number of ether oxygens (including phenoxy) is 2. The van der Waals surface area contributed by atoms with Gasteiger partial charge in [0.15, 0.2) is 6.61 Å². The highest BCUT2D eigenvalue weighted by molar-refractivity contribution is 7.07. The van der Waals surface area contributed by atoms with Crippen molar-refractivity contribution in [3.05, 3.63) is 82.0 Å². The van der Waals surface area contributed by atoms with Crippen LogP contribution in [0.3, 0.4) is 0 Å². The van der Waals surface area contributed by atoms with E-state index >= 15 is 0 Å². The third-order valence-electron chi connectivity index (χ3n) is 5.45. The van der Waals surface area contributed by atoms with Crippen molar-refractivity contribution in [2.75, 3.05) is 26.8 Å². The maximum Gasteiger partial charge on any atom is 0.258 e. The summed E-state index contributed by atoms with van der Waals surface area (Å²) in [6.07, 6.45) is 1.03. The first-order chi connectivity index (χ1) is 14.7. The first kappa shape index (κ1) is 20.4. The maximum absolute atomic E-state index is 12.4. The zero-order valence-corrected chi connectivity index (χ0v) is 17.9. The van der Waals surface area contributed by atoms with Crippen LogP contribution in [0.5, 0.6) is 11.5 Å². The molecule has 1 amide bonds. The van der Waals surface area contributed by atoms with Crippen molar-refractivity contribution in [2.45, 2.75) is 19.0 Å². The zero-order chi connectivity index (χ0) is 20.8. The number of fused-ring (bicyclic) bond motifs is 1. The summed E-state index contributed by atoms with van der Waals surface area (Å²) in [6.45, 7) is 2.43. The number of rotatable bonds is 8. The normalized spacial score (nSPS) is 14.6. The smallest absolute Gasteiger partial charge is 0.258 e. The molecule has 1 aliphatic rings. The molecule has 2 aromatic carbocycles. The van der Waals surface area contributed by atoms with Gasteiger partial charge in [0, 0.05) is 19.6 Å². The lowest BCUT2D eigenvalue weighted by molar-refractivity contribution is -0.123. The summed E-state index contributed by atoms with van der Waals surface area (Å²) in [4.78, 5) is 14.9. The van der Waals surface area contributed by atoms with Crippen molar-refractivity contribution in [2.24, 2.45) is 0 Å². The molecule has 4 rings (SSSR count).